The molecular formula is C19H24N6O3. The number of phenols is 1. The third-order valence-electron chi connectivity index (χ3n) is 4.62. The third kappa shape index (κ3) is 4.68. The summed E-state index contributed by atoms with van der Waals surface area (Å²) in [6, 6.07) is 8.74. The van der Waals surface area contributed by atoms with Gasteiger partial charge in [-0.05, 0) is 29.8 Å². The SMILES string of the molecule is Oc1ccc(/C=N\Nc2cc(N3CCOCC3)nc(N3CCOCC3)n2)cc1. The fourth-order valence-corrected chi connectivity index (χ4v) is 3.07. The second kappa shape index (κ2) is 8.85. The van der Waals surface area contributed by atoms with Crippen molar-refractivity contribution >= 4 is 23.8 Å². The summed E-state index contributed by atoms with van der Waals surface area (Å²) in [6.07, 6.45) is 1.68. The highest BCUT2D eigenvalue weighted by Gasteiger charge is 2.19. The van der Waals surface area contributed by atoms with Gasteiger partial charge >= 0.3 is 0 Å². The molecule has 148 valence electrons. The minimum Gasteiger partial charge on any atom is -0.508 e. The Hall–Kier alpha value is -2.91. The van der Waals surface area contributed by atoms with Gasteiger partial charge in [0.2, 0.25) is 5.95 Å². The minimum atomic E-state index is 0.228. The molecule has 3 heterocycles. The van der Waals surface area contributed by atoms with Crippen LogP contribution >= 0.6 is 0 Å². The number of rotatable bonds is 5. The van der Waals surface area contributed by atoms with Crippen molar-refractivity contribution in [3.8, 4) is 5.75 Å². The predicted molar refractivity (Wildman–Crippen MR) is 107 cm³/mol. The van der Waals surface area contributed by atoms with Crippen LogP contribution in [0.4, 0.5) is 17.6 Å². The summed E-state index contributed by atoms with van der Waals surface area (Å²) >= 11 is 0. The van der Waals surface area contributed by atoms with Crippen LogP contribution < -0.4 is 15.2 Å². The van der Waals surface area contributed by atoms with Crippen LogP contribution in [0, 0.1) is 0 Å². The number of aromatic hydroxyl groups is 1. The van der Waals surface area contributed by atoms with Gasteiger partial charge in [0, 0.05) is 32.2 Å². The quantitative estimate of drug-likeness (QED) is 0.588. The number of morpholine rings is 2. The predicted octanol–water partition coefficient (Wildman–Crippen LogP) is 1.30. The maximum absolute atomic E-state index is 9.36. The highest BCUT2D eigenvalue weighted by atomic mass is 16.5. The molecule has 0 saturated carbocycles. The van der Waals surface area contributed by atoms with Crippen molar-refractivity contribution in [2.45, 2.75) is 0 Å². The summed E-state index contributed by atoms with van der Waals surface area (Å²) < 4.78 is 10.9. The molecule has 0 atom stereocenters. The summed E-state index contributed by atoms with van der Waals surface area (Å²) in [6.45, 7) is 5.87. The molecule has 2 saturated heterocycles. The summed E-state index contributed by atoms with van der Waals surface area (Å²) in [5, 5.41) is 13.6. The number of ether oxygens (including phenoxy) is 2. The van der Waals surface area contributed by atoms with Crippen molar-refractivity contribution in [3.05, 3.63) is 35.9 Å². The lowest BCUT2D eigenvalue weighted by atomic mass is 10.2. The van der Waals surface area contributed by atoms with Gasteiger partial charge in [-0.3, -0.25) is 5.43 Å². The van der Waals surface area contributed by atoms with Crippen LogP contribution in [-0.2, 0) is 9.47 Å². The Morgan fingerprint density at radius 1 is 0.929 bits per heavy atom. The lowest BCUT2D eigenvalue weighted by Crippen LogP contribution is -2.39. The number of nitrogens with one attached hydrogen (secondary N) is 1. The van der Waals surface area contributed by atoms with E-state index in [4.69, 9.17) is 14.5 Å². The maximum atomic E-state index is 9.36. The smallest absolute Gasteiger partial charge is 0.229 e. The van der Waals surface area contributed by atoms with Gasteiger partial charge in [0.25, 0.3) is 0 Å². The van der Waals surface area contributed by atoms with Crippen LogP contribution in [0.25, 0.3) is 0 Å². The number of benzene rings is 1. The molecular weight excluding hydrogens is 360 g/mol. The molecule has 0 spiro atoms. The number of anilines is 3. The van der Waals surface area contributed by atoms with Gasteiger partial charge in [0.15, 0.2) is 5.82 Å². The fraction of sp³-hybridized carbons (Fsp3) is 0.421. The Balaban J connectivity index is 1.54. The van der Waals surface area contributed by atoms with Crippen LogP contribution in [0.3, 0.4) is 0 Å². The van der Waals surface area contributed by atoms with E-state index in [1.54, 1.807) is 30.5 Å². The zero-order valence-electron chi connectivity index (χ0n) is 15.6. The number of phenolic OH excluding ortho intramolecular Hbond substituents is 1. The standard InChI is InChI=1S/C19H24N6O3/c26-16-3-1-15(2-4-16)14-20-23-17-13-18(24-5-9-27-10-6-24)22-19(21-17)25-7-11-28-12-8-25/h1-4,13-14,26H,5-12H2,(H,21,22,23)/b20-14-. The molecule has 9 heteroatoms. The zero-order chi connectivity index (χ0) is 19.2. The first-order valence-corrected chi connectivity index (χ1v) is 9.40. The summed E-state index contributed by atoms with van der Waals surface area (Å²) in [5.41, 5.74) is 3.88. The first-order chi connectivity index (χ1) is 13.8. The largest absolute Gasteiger partial charge is 0.508 e. The monoisotopic (exact) mass is 384 g/mol. The molecule has 0 bridgehead atoms. The molecule has 2 aliphatic rings. The normalized spacial score (nSPS) is 17.9. The van der Waals surface area contributed by atoms with Gasteiger partial charge in [0.1, 0.15) is 11.6 Å². The highest BCUT2D eigenvalue weighted by Crippen LogP contribution is 2.22. The number of hydrazone groups is 1. The van der Waals surface area contributed by atoms with Crippen molar-refractivity contribution in [2.75, 3.05) is 67.8 Å². The van der Waals surface area contributed by atoms with Gasteiger partial charge in [-0.25, -0.2) is 0 Å². The molecule has 2 aromatic rings. The molecule has 0 unspecified atom stereocenters. The van der Waals surface area contributed by atoms with Crippen LogP contribution in [0.5, 0.6) is 5.75 Å². The number of hydrogen-bond donors (Lipinski definition) is 2. The molecule has 9 nitrogen and oxygen atoms in total. The Labute approximate surface area is 163 Å². The molecule has 1 aromatic carbocycles. The van der Waals surface area contributed by atoms with Crippen molar-refractivity contribution in [1.82, 2.24) is 9.97 Å². The van der Waals surface area contributed by atoms with E-state index in [-0.39, 0.29) is 5.75 Å². The minimum absolute atomic E-state index is 0.228. The van der Waals surface area contributed by atoms with E-state index >= 15 is 0 Å². The highest BCUT2D eigenvalue weighted by molar-refractivity contribution is 5.80. The first-order valence-electron chi connectivity index (χ1n) is 9.40. The van der Waals surface area contributed by atoms with Gasteiger partial charge < -0.3 is 24.4 Å². The van der Waals surface area contributed by atoms with E-state index in [0.29, 0.717) is 38.2 Å². The van der Waals surface area contributed by atoms with Crippen LogP contribution in [-0.4, -0.2) is 73.9 Å². The van der Waals surface area contributed by atoms with E-state index in [1.165, 1.54) is 0 Å². The van der Waals surface area contributed by atoms with E-state index in [1.807, 2.05) is 6.07 Å². The molecule has 2 aliphatic heterocycles. The lowest BCUT2D eigenvalue weighted by molar-refractivity contribution is 0.121. The van der Waals surface area contributed by atoms with Crippen molar-refractivity contribution in [1.29, 1.82) is 0 Å². The second-order valence-electron chi connectivity index (χ2n) is 6.57. The molecule has 1 aromatic heterocycles. The molecule has 2 fully saturated rings. The second-order valence-corrected chi connectivity index (χ2v) is 6.57. The average Bonchev–Trinajstić information content (AvgIpc) is 2.76. The van der Waals surface area contributed by atoms with Crippen molar-refractivity contribution in [2.24, 2.45) is 5.10 Å². The zero-order valence-corrected chi connectivity index (χ0v) is 15.6. The molecule has 0 radical (unpaired) electrons. The Bertz CT molecular complexity index is 766. The summed E-state index contributed by atoms with van der Waals surface area (Å²) in [7, 11) is 0. The van der Waals surface area contributed by atoms with Gasteiger partial charge in [-0.2, -0.15) is 15.1 Å². The topological polar surface area (TPSA) is 95.3 Å². The number of aromatic nitrogens is 2. The number of nitrogens with zero attached hydrogens (tertiary/aromatic N) is 5. The van der Waals surface area contributed by atoms with E-state index in [9.17, 15) is 5.11 Å². The molecule has 28 heavy (non-hydrogen) atoms. The molecule has 0 aliphatic carbocycles. The van der Waals surface area contributed by atoms with Crippen LogP contribution in [0.1, 0.15) is 5.56 Å². The first kappa shape index (κ1) is 18.5. The molecule has 4 rings (SSSR count). The van der Waals surface area contributed by atoms with Crippen LogP contribution in [0.15, 0.2) is 35.4 Å². The summed E-state index contributed by atoms with van der Waals surface area (Å²) in [4.78, 5) is 13.7. The van der Waals surface area contributed by atoms with Crippen molar-refractivity contribution in [3.63, 3.8) is 0 Å². The third-order valence-corrected chi connectivity index (χ3v) is 4.62. The average molecular weight is 384 g/mol. The van der Waals surface area contributed by atoms with E-state index < -0.39 is 0 Å². The van der Waals surface area contributed by atoms with Gasteiger partial charge in [-0.1, -0.05) is 0 Å². The fourth-order valence-electron chi connectivity index (χ4n) is 3.07. The van der Waals surface area contributed by atoms with Gasteiger partial charge in [-0.15, -0.1) is 0 Å². The number of hydrogen-bond acceptors (Lipinski definition) is 9. The Kier molecular flexibility index (Phi) is 5.83. The summed E-state index contributed by atoms with van der Waals surface area (Å²) in [5.74, 6) is 2.40. The lowest BCUT2D eigenvalue weighted by Gasteiger charge is -2.31. The molecule has 0 amide bonds. The van der Waals surface area contributed by atoms with E-state index in [2.05, 4.69) is 25.3 Å². The maximum Gasteiger partial charge on any atom is 0.229 e. The Morgan fingerprint density at radius 2 is 1.57 bits per heavy atom. The van der Waals surface area contributed by atoms with Gasteiger partial charge in [0.05, 0.1) is 32.6 Å². The van der Waals surface area contributed by atoms with Crippen molar-refractivity contribution < 1.29 is 14.6 Å². The molecule has 2 N–H and O–H groups in total. The van der Waals surface area contributed by atoms with Crippen LogP contribution in [0.2, 0.25) is 0 Å². The van der Waals surface area contributed by atoms with E-state index in [0.717, 1.165) is 37.6 Å². The Morgan fingerprint density at radius 3 is 2.25 bits per heavy atom.